The molecular formula is C11H11ClO3. The second-order valence-corrected chi connectivity index (χ2v) is 3.85. The molecule has 0 aliphatic carbocycles. The molecule has 3 nitrogen and oxygen atoms in total. The molecule has 0 radical (unpaired) electrons. The Morgan fingerprint density at radius 1 is 1.60 bits per heavy atom. The van der Waals surface area contributed by atoms with E-state index < -0.39 is 0 Å². The SMILES string of the molecule is COCC1CC(=O)c2cccc(Cl)c2O1. The van der Waals surface area contributed by atoms with Crippen molar-refractivity contribution in [3.8, 4) is 5.75 Å². The van der Waals surface area contributed by atoms with E-state index in [1.54, 1.807) is 25.3 Å². The average Bonchev–Trinajstić information content (AvgIpc) is 2.20. The maximum absolute atomic E-state index is 11.7. The summed E-state index contributed by atoms with van der Waals surface area (Å²) < 4.78 is 10.6. The molecule has 4 heteroatoms. The first kappa shape index (κ1) is 10.5. The minimum atomic E-state index is -0.227. The molecule has 0 saturated heterocycles. The fraction of sp³-hybridized carbons (Fsp3) is 0.364. The number of ketones is 1. The van der Waals surface area contributed by atoms with Crippen LogP contribution in [-0.2, 0) is 4.74 Å². The lowest BCUT2D eigenvalue weighted by molar-refractivity contribution is 0.0570. The van der Waals surface area contributed by atoms with Crippen LogP contribution >= 0.6 is 11.6 Å². The number of halogens is 1. The average molecular weight is 227 g/mol. The summed E-state index contributed by atoms with van der Waals surface area (Å²) in [5, 5.41) is 0.474. The van der Waals surface area contributed by atoms with E-state index in [4.69, 9.17) is 21.1 Å². The zero-order valence-corrected chi connectivity index (χ0v) is 9.08. The number of carbonyl (C=O) groups excluding carboxylic acids is 1. The lowest BCUT2D eigenvalue weighted by Gasteiger charge is -2.25. The van der Waals surface area contributed by atoms with Crippen molar-refractivity contribution in [3.63, 3.8) is 0 Å². The topological polar surface area (TPSA) is 35.5 Å². The van der Waals surface area contributed by atoms with Gasteiger partial charge in [0, 0.05) is 7.11 Å². The van der Waals surface area contributed by atoms with Crippen molar-refractivity contribution in [3.05, 3.63) is 28.8 Å². The summed E-state index contributed by atoms with van der Waals surface area (Å²) in [7, 11) is 1.58. The van der Waals surface area contributed by atoms with Crippen LogP contribution in [0.25, 0.3) is 0 Å². The Morgan fingerprint density at radius 2 is 2.40 bits per heavy atom. The van der Waals surface area contributed by atoms with Crippen molar-refractivity contribution in [1.29, 1.82) is 0 Å². The lowest BCUT2D eigenvalue weighted by atomic mass is 10.0. The highest BCUT2D eigenvalue weighted by molar-refractivity contribution is 6.32. The molecule has 0 spiro atoms. The standard InChI is InChI=1S/C11H11ClO3/c1-14-6-7-5-10(13)8-3-2-4-9(12)11(8)15-7/h2-4,7H,5-6H2,1H3. The summed E-state index contributed by atoms with van der Waals surface area (Å²) in [6, 6.07) is 5.19. The number of hydrogen-bond acceptors (Lipinski definition) is 3. The van der Waals surface area contributed by atoms with E-state index in [0.29, 0.717) is 29.4 Å². The van der Waals surface area contributed by atoms with E-state index in [2.05, 4.69) is 0 Å². The van der Waals surface area contributed by atoms with Crippen LogP contribution < -0.4 is 4.74 Å². The van der Waals surface area contributed by atoms with Crippen molar-refractivity contribution in [2.75, 3.05) is 13.7 Å². The summed E-state index contributed by atoms with van der Waals surface area (Å²) >= 11 is 5.95. The van der Waals surface area contributed by atoms with Crippen molar-refractivity contribution < 1.29 is 14.3 Å². The molecule has 1 aliphatic heterocycles. The smallest absolute Gasteiger partial charge is 0.170 e. The van der Waals surface area contributed by atoms with Gasteiger partial charge in [-0.25, -0.2) is 0 Å². The van der Waals surface area contributed by atoms with Gasteiger partial charge in [0.2, 0.25) is 0 Å². The summed E-state index contributed by atoms with van der Waals surface area (Å²) in [4.78, 5) is 11.7. The van der Waals surface area contributed by atoms with Gasteiger partial charge in [-0.3, -0.25) is 4.79 Å². The molecule has 0 fully saturated rings. The minimum absolute atomic E-state index is 0.0563. The summed E-state index contributed by atoms with van der Waals surface area (Å²) in [6.07, 6.45) is 0.121. The van der Waals surface area contributed by atoms with E-state index >= 15 is 0 Å². The minimum Gasteiger partial charge on any atom is -0.485 e. The van der Waals surface area contributed by atoms with Gasteiger partial charge in [0.05, 0.1) is 23.6 Å². The number of fused-ring (bicyclic) bond motifs is 1. The largest absolute Gasteiger partial charge is 0.485 e. The predicted molar refractivity (Wildman–Crippen MR) is 56.7 cm³/mol. The Bertz CT molecular complexity index is 389. The van der Waals surface area contributed by atoms with Crippen LogP contribution in [0.3, 0.4) is 0 Å². The molecule has 0 N–H and O–H groups in total. The first-order valence-corrected chi connectivity index (χ1v) is 5.07. The highest BCUT2D eigenvalue weighted by atomic mass is 35.5. The van der Waals surface area contributed by atoms with Gasteiger partial charge in [-0.2, -0.15) is 0 Å². The number of para-hydroxylation sites is 1. The maximum atomic E-state index is 11.7. The second kappa shape index (κ2) is 4.21. The number of carbonyl (C=O) groups is 1. The maximum Gasteiger partial charge on any atom is 0.170 e. The van der Waals surface area contributed by atoms with Crippen LogP contribution in [0.1, 0.15) is 16.8 Å². The van der Waals surface area contributed by atoms with Crippen LogP contribution in [-0.4, -0.2) is 25.6 Å². The molecule has 0 saturated carbocycles. The van der Waals surface area contributed by atoms with Gasteiger partial charge in [-0.1, -0.05) is 17.7 Å². The molecule has 2 rings (SSSR count). The molecule has 1 heterocycles. The third-order valence-corrected chi connectivity index (χ3v) is 2.62. The lowest BCUT2D eigenvalue weighted by Crippen LogP contribution is -2.30. The summed E-state index contributed by atoms with van der Waals surface area (Å²) in [6.45, 7) is 0.399. The van der Waals surface area contributed by atoms with Gasteiger partial charge >= 0.3 is 0 Å². The third kappa shape index (κ3) is 1.98. The number of methoxy groups -OCH3 is 1. The van der Waals surface area contributed by atoms with Crippen molar-refractivity contribution >= 4 is 17.4 Å². The molecule has 80 valence electrons. The van der Waals surface area contributed by atoms with Crippen LogP contribution in [0.4, 0.5) is 0 Å². The summed E-state index contributed by atoms with van der Waals surface area (Å²) in [5.41, 5.74) is 0.565. The Morgan fingerprint density at radius 3 is 3.13 bits per heavy atom. The zero-order valence-electron chi connectivity index (χ0n) is 8.33. The van der Waals surface area contributed by atoms with E-state index in [1.807, 2.05) is 0 Å². The van der Waals surface area contributed by atoms with Gasteiger partial charge < -0.3 is 9.47 Å². The van der Waals surface area contributed by atoms with Crippen LogP contribution in [0.5, 0.6) is 5.75 Å². The third-order valence-electron chi connectivity index (χ3n) is 2.32. The Hall–Kier alpha value is -1.06. The highest BCUT2D eigenvalue weighted by Gasteiger charge is 2.27. The Labute approximate surface area is 92.9 Å². The van der Waals surface area contributed by atoms with E-state index in [-0.39, 0.29) is 11.9 Å². The van der Waals surface area contributed by atoms with Crippen LogP contribution in [0.15, 0.2) is 18.2 Å². The first-order valence-electron chi connectivity index (χ1n) is 4.69. The fourth-order valence-electron chi connectivity index (χ4n) is 1.65. The number of hydrogen-bond donors (Lipinski definition) is 0. The normalized spacial score (nSPS) is 19.6. The molecule has 1 unspecified atom stereocenters. The molecule has 0 amide bonds. The Balaban J connectivity index is 2.33. The molecule has 1 aromatic rings. The van der Waals surface area contributed by atoms with E-state index in [0.717, 1.165) is 0 Å². The number of Topliss-reactive ketones (excluding diaryl/α,β-unsaturated/α-hetero) is 1. The summed E-state index contributed by atoms with van der Waals surface area (Å²) in [5.74, 6) is 0.540. The zero-order chi connectivity index (χ0) is 10.8. The number of benzene rings is 1. The van der Waals surface area contributed by atoms with E-state index in [9.17, 15) is 4.79 Å². The molecule has 15 heavy (non-hydrogen) atoms. The Kier molecular flexibility index (Phi) is 2.93. The van der Waals surface area contributed by atoms with Gasteiger partial charge in [0.15, 0.2) is 5.78 Å². The molecule has 1 aliphatic rings. The predicted octanol–water partition coefficient (Wildman–Crippen LogP) is 2.32. The molecule has 0 aromatic heterocycles. The number of rotatable bonds is 2. The highest BCUT2D eigenvalue weighted by Crippen LogP contribution is 2.34. The van der Waals surface area contributed by atoms with Crippen LogP contribution in [0.2, 0.25) is 5.02 Å². The van der Waals surface area contributed by atoms with Crippen molar-refractivity contribution in [2.45, 2.75) is 12.5 Å². The molecule has 1 aromatic carbocycles. The number of ether oxygens (including phenoxy) is 2. The van der Waals surface area contributed by atoms with Crippen molar-refractivity contribution in [1.82, 2.24) is 0 Å². The van der Waals surface area contributed by atoms with Gasteiger partial charge in [-0.05, 0) is 12.1 Å². The van der Waals surface area contributed by atoms with Gasteiger partial charge in [0.1, 0.15) is 11.9 Å². The van der Waals surface area contributed by atoms with E-state index in [1.165, 1.54) is 0 Å². The monoisotopic (exact) mass is 226 g/mol. The van der Waals surface area contributed by atoms with Crippen LogP contribution in [0, 0.1) is 0 Å². The molecule has 1 atom stereocenters. The first-order chi connectivity index (χ1) is 7.22. The van der Waals surface area contributed by atoms with Gasteiger partial charge in [0.25, 0.3) is 0 Å². The fourth-order valence-corrected chi connectivity index (χ4v) is 1.87. The quantitative estimate of drug-likeness (QED) is 0.777. The second-order valence-electron chi connectivity index (χ2n) is 3.44. The molecular weight excluding hydrogens is 216 g/mol. The van der Waals surface area contributed by atoms with Gasteiger partial charge in [-0.15, -0.1) is 0 Å². The molecule has 0 bridgehead atoms. The van der Waals surface area contributed by atoms with Crippen molar-refractivity contribution in [2.24, 2.45) is 0 Å².